The number of aliphatic hydroxyl groups is 1. The monoisotopic (exact) mass is 719 g/mol. The van der Waals surface area contributed by atoms with Crippen LogP contribution in [0.4, 0.5) is 0 Å². The third-order valence-corrected chi connectivity index (χ3v) is 8.53. The van der Waals surface area contributed by atoms with Crippen molar-refractivity contribution in [3.05, 3.63) is 179 Å². The van der Waals surface area contributed by atoms with E-state index < -0.39 is 29.8 Å². The molecule has 5 aromatic rings. The molecule has 0 fully saturated rings. The van der Waals surface area contributed by atoms with Crippen LogP contribution < -0.4 is 5.32 Å². The minimum Gasteiger partial charge on any atom is -0.382 e. The van der Waals surface area contributed by atoms with Gasteiger partial charge in [0.25, 0.3) is 5.91 Å². The molecule has 0 saturated heterocycles. The largest absolute Gasteiger partial charge is 0.382 e. The Hall–Kier alpha value is -4.71. The average molecular weight is 720 g/mol. The van der Waals surface area contributed by atoms with E-state index in [1.54, 1.807) is 0 Å². The summed E-state index contributed by atoms with van der Waals surface area (Å²) in [6, 6.07) is 48.2. The molecule has 0 heterocycles. The van der Waals surface area contributed by atoms with Crippen LogP contribution in [0.3, 0.4) is 0 Å². The molecular formula is C44H49NO8. The minimum absolute atomic E-state index is 0.0599. The van der Waals surface area contributed by atoms with Gasteiger partial charge in [-0.15, -0.1) is 0 Å². The molecule has 5 rings (SSSR count). The van der Waals surface area contributed by atoms with E-state index in [-0.39, 0.29) is 53.0 Å². The van der Waals surface area contributed by atoms with Gasteiger partial charge in [-0.1, -0.05) is 152 Å². The Morgan fingerprint density at radius 1 is 0.547 bits per heavy atom. The van der Waals surface area contributed by atoms with Crippen molar-refractivity contribution >= 4 is 5.91 Å². The standard InChI is InChI=1S/C44H49NO8/c1-48-34-45-43(46)41(52-30-38-23-13-5-14-24-38)40(51-29-37-21-11-4-12-22-37)42(53-31-39-25-15-6-16-26-39)44(47,32-49-27-35-17-7-2-8-18-35)33-50-28-36-19-9-3-10-20-36/h2-26,40-42,47H,27-34H2,1H3,(H,45,46)/t40-,41-,42+/m1/s1. The maximum Gasteiger partial charge on any atom is 0.253 e. The van der Waals surface area contributed by atoms with Crippen molar-refractivity contribution in [3.8, 4) is 0 Å². The lowest BCUT2D eigenvalue weighted by atomic mass is 9.90. The summed E-state index contributed by atoms with van der Waals surface area (Å²) in [5.41, 5.74) is 2.61. The fraction of sp³-hybridized carbons (Fsp3) is 0.295. The molecule has 53 heavy (non-hydrogen) atoms. The number of nitrogens with one attached hydrogen (secondary N) is 1. The van der Waals surface area contributed by atoms with E-state index in [2.05, 4.69) is 5.32 Å². The van der Waals surface area contributed by atoms with Gasteiger partial charge in [0, 0.05) is 7.11 Å². The molecule has 9 nitrogen and oxygen atoms in total. The summed E-state index contributed by atoms with van der Waals surface area (Å²) in [7, 11) is 1.49. The van der Waals surface area contributed by atoms with Gasteiger partial charge in [-0.05, 0) is 27.8 Å². The van der Waals surface area contributed by atoms with Crippen LogP contribution in [0, 0.1) is 0 Å². The molecule has 5 aromatic carbocycles. The highest BCUT2D eigenvalue weighted by atomic mass is 16.6. The van der Waals surface area contributed by atoms with Crippen molar-refractivity contribution in [2.24, 2.45) is 0 Å². The highest BCUT2D eigenvalue weighted by Crippen LogP contribution is 2.28. The Morgan fingerprint density at radius 2 is 0.906 bits per heavy atom. The Morgan fingerprint density at radius 3 is 1.30 bits per heavy atom. The molecule has 2 N–H and O–H groups in total. The van der Waals surface area contributed by atoms with Crippen molar-refractivity contribution in [2.75, 3.05) is 27.1 Å². The molecule has 0 radical (unpaired) electrons. The smallest absolute Gasteiger partial charge is 0.253 e. The highest BCUT2D eigenvalue weighted by Gasteiger charge is 2.49. The first-order chi connectivity index (χ1) is 26.0. The molecule has 0 spiro atoms. The van der Waals surface area contributed by atoms with E-state index >= 15 is 0 Å². The number of hydrogen-bond donors (Lipinski definition) is 2. The second-order valence-corrected chi connectivity index (χ2v) is 12.7. The second-order valence-electron chi connectivity index (χ2n) is 12.7. The maximum absolute atomic E-state index is 14.1. The van der Waals surface area contributed by atoms with Gasteiger partial charge in [-0.3, -0.25) is 4.79 Å². The Bertz CT molecular complexity index is 1670. The topological polar surface area (TPSA) is 105 Å². The lowest BCUT2D eigenvalue weighted by molar-refractivity contribution is -0.236. The summed E-state index contributed by atoms with van der Waals surface area (Å²) in [6.07, 6.45) is -3.62. The highest BCUT2D eigenvalue weighted by molar-refractivity contribution is 5.81. The second kappa shape index (κ2) is 21.7. The number of ether oxygens (including phenoxy) is 6. The average Bonchev–Trinajstić information content (AvgIpc) is 3.21. The molecule has 0 aliphatic carbocycles. The van der Waals surface area contributed by atoms with Crippen LogP contribution in [0.2, 0.25) is 0 Å². The van der Waals surface area contributed by atoms with Crippen LogP contribution in [0.15, 0.2) is 152 Å². The number of methoxy groups -OCH3 is 1. The van der Waals surface area contributed by atoms with E-state index in [9.17, 15) is 9.90 Å². The zero-order valence-electron chi connectivity index (χ0n) is 30.1. The summed E-state index contributed by atoms with van der Waals surface area (Å²) in [5, 5.41) is 15.7. The molecule has 0 aliphatic heterocycles. The lowest BCUT2D eigenvalue weighted by Crippen LogP contribution is -2.62. The Kier molecular flexibility index (Phi) is 16.2. The molecule has 278 valence electrons. The normalized spacial score (nSPS) is 13.2. The van der Waals surface area contributed by atoms with E-state index in [4.69, 9.17) is 28.4 Å². The molecule has 0 unspecified atom stereocenters. The molecule has 9 heteroatoms. The van der Waals surface area contributed by atoms with E-state index in [1.165, 1.54) is 7.11 Å². The number of benzene rings is 5. The molecule has 0 bridgehead atoms. The van der Waals surface area contributed by atoms with Crippen LogP contribution in [0.25, 0.3) is 0 Å². The Balaban J connectivity index is 1.54. The maximum atomic E-state index is 14.1. The number of carbonyl (C=O) groups excluding carboxylic acids is 1. The van der Waals surface area contributed by atoms with E-state index in [1.807, 2.05) is 152 Å². The molecule has 0 aromatic heterocycles. The van der Waals surface area contributed by atoms with Gasteiger partial charge >= 0.3 is 0 Å². The summed E-state index contributed by atoms with van der Waals surface area (Å²) in [4.78, 5) is 14.1. The van der Waals surface area contributed by atoms with Gasteiger partial charge in [-0.2, -0.15) is 0 Å². The molecule has 0 aliphatic rings. The van der Waals surface area contributed by atoms with Gasteiger partial charge in [0.2, 0.25) is 0 Å². The predicted octanol–water partition coefficient (Wildman–Crippen LogP) is 6.63. The van der Waals surface area contributed by atoms with Gasteiger partial charge in [0.1, 0.15) is 24.5 Å². The third kappa shape index (κ3) is 13.0. The SMILES string of the molecule is COCNC(=O)[C@H](OCc1ccccc1)[C@@H](OCc1ccccc1)[C@H](OCc1ccccc1)C(O)(COCc1ccccc1)COCc1ccccc1. The van der Waals surface area contributed by atoms with Crippen LogP contribution >= 0.6 is 0 Å². The van der Waals surface area contributed by atoms with Crippen molar-refractivity contribution in [2.45, 2.75) is 56.9 Å². The van der Waals surface area contributed by atoms with Crippen LogP contribution in [-0.4, -0.2) is 62.0 Å². The van der Waals surface area contributed by atoms with Crippen molar-refractivity contribution in [1.82, 2.24) is 5.32 Å². The molecule has 1 amide bonds. The summed E-state index contributed by atoms with van der Waals surface area (Å²) in [6.45, 7) is 0.285. The van der Waals surface area contributed by atoms with Gasteiger partial charge in [0.05, 0.1) is 46.2 Å². The number of carbonyl (C=O) groups is 1. The molecular weight excluding hydrogens is 670 g/mol. The first kappa shape index (κ1) is 39.5. The molecule has 3 atom stereocenters. The van der Waals surface area contributed by atoms with Crippen LogP contribution in [0.5, 0.6) is 0 Å². The molecule has 0 saturated carbocycles. The fourth-order valence-corrected chi connectivity index (χ4v) is 5.79. The number of hydrogen-bond acceptors (Lipinski definition) is 8. The first-order valence-electron chi connectivity index (χ1n) is 17.7. The van der Waals surface area contributed by atoms with Crippen molar-refractivity contribution < 1.29 is 38.3 Å². The predicted molar refractivity (Wildman–Crippen MR) is 202 cm³/mol. The number of rotatable bonds is 23. The van der Waals surface area contributed by atoms with E-state index in [0.717, 1.165) is 27.8 Å². The van der Waals surface area contributed by atoms with Gasteiger partial charge in [-0.25, -0.2) is 0 Å². The van der Waals surface area contributed by atoms with Gasteiger partial charge in [0.15, 0.2) is 6.10 Å². The minimum atomic E-state index is -1.84. The summed E-state index contributed by atoms with van der Waals surface area (Å²) in [5.74, 6) is -0.494. The van der Waals surface area contributed by atoms with Crippen LogP contribution in [-0.2, 0) is 66.3 Å². The fourth-order valence-electron chi connectivity index (χ4n) is 5.79. The van der Waals surface area contributed by atoms with Crippen molar-refractivity contribution in [1.29, 1.82) is 0 Å². The zero-order chi connectivity index (χ0) is 37.0. The van der Waals surface area contributed by atoms with Crippen LogP contribution in [0.1, 0.15) is 27.8 Å². The summed E-state index contributed by atoms with van der Waals surface area (Å²) < 4.78 is 37.5. The van der Waals surface area contributed by atoms with Crippen molar-refractivity contribution in [3.63, 3.8) is 0 Å². The van der Waals surface area contributed by atoms with E-state index in [0.29, 0.717) is 0 Å². The Labute approximate surface area is 312 Å². The van der Waals surface area contributed by atoms with Gasteiger partial charge < -0.3 is 38.8 Å². The lowest BCUT2D eigenvalue weighted by Gasteiger charge is -2.42. The third-order valence-electron chi connectivity index (χ3n) is 8.53. The quantitative estimate of drug-likeness (QED) is 0.0726. The first-order valence-corrected chi connectivity index (χ1v) is 17.7. The number of amides is 1. The zero-order valence-corrected chi connectivity index (χ0v) is 30.1. The summed E-state index contributed by atoms with van der Waals surface area (Å²) >= 11 is 0.